The number of amides is 1. The fourth-order valence-electron chi connectivity index (χ4n) is 2.44. The summed E-state index contributed by atoms with van der Waals surface area (Å²) in [7, 11) is 0. The van der Waals surface area contributed by atoms with Gasteiger partial charge in [-0.15, -0.1) is 15.0 Å². The van der Waals surface area contributed by atoms with E-state index in [4.69, 9.17) is 4.74 Å². The van der Waals surface area contributed by atoms with E-state index >= 15 is 0 Å². The standard InChI is InChI=1S/C19H18N4O3/c1-3-18(24)26-11-10-20-19(25)14-9-8-13(2)12-17(14)23-21-15-6-4-5-7-16(15)22-23/h3-9,12H,1,10-11H2,2H3,(H,20,25). The number of benzene rings is 2. The van der Waals surface area contributed by atoms with Gasteiger partial charge in [0, 0.05) is 6.08 Å². The second-order valence-electron chi connectivity index (χ2n) is 5.63. The van der Waals surface area contributed by atoms with Gasteiger partial charge >= 0.3 is 5.97 Å². The zero-order valence-corrected chi connectivity index (χ0v) is 14.3. The highest BCUT2D eigenvalue weighted by molar-refractivity contribution is 5.98. The molecular formula is C19H18N4O3. The van der Waals surface area contributed by atoms with E-state index in [1.54, 1.807) is 6.07 Å². The van der Waals surface area contributed by atoms with E-state index in [1.807, 2.05) is 43.3 Å². The van der Waals surface area contributed by atoms with Crippen LogP contribution in [0.15, 0.2) is 55.1 Å². The molecule has 1 N–H and O–H groups in total. The van der Waals surface area contributed by atoms with E-state index in [-0.39, 0.29) is 19.1 Å². The van der Waals surface area contributed by atoms with Crippen LogP contribution in [0.1, 0.15) is 15.9 Å². The van der Waals surface area contributed by atoms with E-state index in [1.165, 1.54) is 4.80 Å². The van der Waals surface area contributed by atoms with Crippen molar-refractivity contribution >= 4 is 22.9 Å². The predicted octanol–water partition coefficient (Wildman–Crippen LogP) is 2.19. The molecule has 7 heteroatoms. The van der Waals surface area contributed by atoms with Gasteiger partial charge in [0.1, 0.15) is 17.6 Å². The minimum absolute atomic E-state index is 0.0711. The lowest BCUT2D eigenvalue weighted by Crippen LogP contribution is -2.29. The molecule has 0 aliphatic rings. The van der Waals surface area contributed by atoms with Gasteiger partial charge in [-0.3, -0.25) is 4.79 Å². The normalized spacial score (nSPS) is 10.5. The first-order chi connectivity index (χ1) is 12.6. The first-order valence-electron chi connectivity index (χ1n) is 8.09. The highest BCUT2D eigenvalue weighted by Gasteiger charge is 2.15. The fourth-order valence-corrected chi connectivity index (χ4v) is 2.44. The molecule has 0 bridgehead atoms. The number of carbonyl (C=O) groups excluding carboxylic acids is 2. The third kappa shape index (κ3) is 3.77. The van der Waals surface area contributed by atoms with Crippen LogP contribution in [0, 0.1) is 6.92 Å². The van der Waals surface area contributed by atoms with Crippen LogP contribution in [0.3, 0.4) is 0 Å². The van der Waals surface area contributed by atoms with Gasteiger partial charge < -0.3 is 10.1 Å². The maximum absolute atomic E-state index is 12.5. The number of rotatable bonds is 6. The molecule has 1 heterocycles. The third-order valence-electron chi connectivity index (χ3n) is 3.70. The van der Waals surface area contributed by atoms with Gasteiger partial charge in [0.25, 0.3) is 5.91 Å². The molecule has 0 fully saturated rings. The Bertz CT molecular complexity index is 945. The lowest BCUT2D eigenvalue weighted by molar-refractivity contribution is -0.137. The molecule has 26 heavy (non-hydrogen) atoms. The molecule has 1 aromatic heterocycles. The maximum atomic E-state index is 12.5. The third-order valence-corrected chi connectivity index (χ3v) is 3.70. The Morgan fingerprint density at radius 1 is 1.19 bits per heavy atom. The second kappa shape index (κ2) is 7.60. The molecule has 0 aliphatic carbocycles. The Labute approximate surface area is 150 Å². The second-order valence-corrected chi connectivity index (χ2v) is 5.63. The van der Waals surface area contributed by atoms with Gasteiger partial charge in [-0.1, -0.05) is 24.8 Å². The number of aryl methyl sites for hydroxylation is 1. The Kier molecular flexibility index (Phi) is 5.07. The maximum Gasteiger partial charge on any atom is 0.330 e. The summed E-state index contributed by atoms with van der Waals surface area (Å²) in [5.74, 6) is -0.821. The van der Waals surface area contributed by atoms with Crippen molar-refractivity contribution in [2.75, 3.05) is 13.2 Å². The molecule has 0 radical (unpaired) electrons. The molecule has 0 saturated carbocycles. The van der Waals surface area contributed by atoms with E-state index < -0.39 is 5.97 Å². The lowest BCUT2D eigenvalue weighted by atomic mass is 10.1. The number of aromatic nitrogens is 3. The van der Waals surface area contributed by atoms with Crippen LogP contribution in [0.25, 0.3) is 16.7 Å². The SMILES string of the molecule is C=CC(=O)OCCNC(=O)c1ccc(C)cc1-n1nc2ccccc2n1. The molecule has 3 aromatic rings. The van der Waals surface area contributed by atoms with Crippen molar-refractivity contribution in [1.29, 1.82) is 0 Å². The van der Waals surface area contributed by atoms with Crippen LogP contribution in [0.2, 0.25) is 0 Å². The number of nitrogens with one attached hydrogen (secondary N) is 1. The van der Waals surface area contributed by atoms with Crippen LogP contribution in [-0.2, 0) is 9.53 Å². The van der Waals surface area contributed by atoms with Crippen LogP contribution in [0.5, 0.6) is 0 Å². The Morgan fingerprint density at radius 2 is 1.88 bits per heavy atom. The summed E-state index contributed by atoms with van der Waals surface area (Å²) < 4.78 is 4.85. The topological polar surface area (TPSA) is 86.1 Å². The zero-order chi connectivity index (χ0) is 18.5. The quantitative estimate of drug-likeness (QED) is 0.418. The van der Waals surface area contributed by atoms with Crippen molar-refractivity contribution in [2.24, 2.45) is 0 Å². The summed E-state index contributed by atoms with van der Waals surface area (Å²) in [6.07, 6.45) is 1.08. The van der Waals surface area contributed by atoms with Crippen LogP contribution in [-0.4, -0.2) is 40.0 Å². The summed E-state index contributed by atoms with van der Waals surface area (Å²) >= 11 is 0. The number of nitrogens with zero attached hydrogens (tertiary/aromatic N) is 3. The van der Waals surface area contributed by atoms with E-state index in [0.29, 0.717) is 11.3 Å². The minimum atomic E-state index is -0.525. The molecule has 0 unspecified atom stereocenters. The van der Waals surface area contributed by atoms with Gasteiger partial charge in [-0.05, 0) is 36.8 Å². The Morgan fingerprint density at radius 3 is 2.54 bits per heavy atom. The molecule has 3 rings (SSSR count). The van der Waals surface area contributed by atoms with E-state index in [9.17, 15) is 9.59 Å². The minimum Gasteiger partial charge on any atom is -0.461 e. The van der Waals surface area contributed by atoms with Gasteiger partial charge in [0.05, 0.1) is 17.8 Å². The van der Waals surface area contributed by atoms with E-state index in [0.717, 1.165) is 22.7 Å². The van der Waals surface area contributed by atoms with Crippen LogP contribution >= 0.6 is 0 Å². The average Bonchev–Trinajstić information content (AvgIpc) is 3.08. The van der Waals surface area contributed by atoms with Crippen molar-refractivity contribution in [3.05, 3.63) is 66.2 Å². The van der Waals surface area contributed by atoms with Crippen molar-refractivity contribution in [2.45, 2.75) is 6.92 Å². The van der Waals surface area contributed by atoms with E-state index in [2.05, 4.69) is 22.1 Å². The first kappa shape index (κ1) is 17.3. The van der Waals surface area contributed by atoms with Gasteiger partial charge in [-0.25, -0.2) is 4.79 Å². The summed E-state index contributed by atoms with van der Waals surface area (Å²) in [6, 6.07) is 12.9. The van der Waals surface area contributed by atoms with Crippen molar-refractivity contribution in [3.63, 3.8) is 0 Å². The number of carbonyl (C=O) groups is 2. The molecule has 0 spiro atoms. The smallest absolute Gasteiger partial charge is 0.330 e. The molecule has 0 atom stereocenters. The summed E-state index contributed by atoms with van der Waals surface area (Å²) in [6.45, 7) is 5.51. The highest BCUT2D eigenvalue weighted by Crippen LogP contribution is 2.18. The average molecular weight is 350 g/mol. The van der Waals surface area contributed by atoms with Crippen molar-refractivity contribution in [1.82, 2.24) is 20.3 Å². The van der Waals surface area contributed by atoms with Gasteiger partial charge in [0.15, 0.2) is 0 Å². The molecule has 7 nitrogen and oxygen atoms in total. The monoisotopic (exact) mass is 350 g/mol. The molecule has 0 saturated heterocycles. The number of ether oxygens (including phenoxy) is 1. The number of hydrogen-bond acceptors (Lipinski definition) is 5. The zero-order valence-electron chi connectivity index (χ0n) is 14.3. The largest absolute Gasteiger partial charge is 0.461 e. The van der Waals surface area contributed by atoms with Gasteiger partial charge in [0.2, 0.25) is 0 Å². The van der Waals surface area contributed by atoms with Crippen molar-refractivity contribution in [3.8, 4) is 5.69 Å². The van der Waals surface area contributed by atoms with Gasteiger partial charge in [-0.2, -0.15) is 0 Å². The Hall–Kier alpha value is -3.48. The number of fused-ring (bicyclic) bond motifs is 1. The molecule has 132 valence electrons. The summed E-state index contributed by atoms with van der Waals surface area (Å²) in [4.78, 5) is 25.0. The van der Waals surface area contributed by atoms with Crippen LogP contribution in [0.4, 0.5) is 0 Å². The fraction of sp³-hybridized carbons (Fsp3) is 0.158. The molecule has 2 aromatic carbocycles. The molecular weight excluding hydrogens is 332 g/mol. The number of hydrogen-bond donors (Lipinski definition) is 1. The number of esters is 1. The summed E-state index contributed by atoms with van der Waals surface area (Å²) in [5.41, 5.74) is 3.50. The Balaban J connectivity index is 1.82. The molecule has 0 aliphatic heterocycles. The lowest BCUT2D eigenvalue weighted by Gasteiger charge is -2.10. The van der Waals surface area contributed by atoms with Crippen LogP contribution < -0.4 is 5.32 Å². The highest BCUT2D eigenvalue weighted by atomic mass is 16.5. The predicted molar refractivity (Wildman–Crippen MR) is 97.1 cm³/mol. The summed E-state index contributed by atoms with van der Waals surface area (Å²) in [5, 5.41) is 11.6. The van der Waals surface area contributed by atoms with Crippen molar-refractivity contribution < 1.29 is 14.3 Å². The molecule has 1 amide bonds. The first-order valence-corrected chi connectivity index (χ1v) is 8.09.